The average Bonchev–Trinajstić information content (AvgIpc) is 3.58. The van der Waals surface area contributed by atoms with Crippen LogP contribution in [0, 0.1) is 0 Å². The molecule has 3 aromatic heterocycles. The predicted octanol–water partition coefficient (Wildman–Crippen LogP) is 10.3. The van der Waals surface area contributed by atoms with Crippen LogP contribution in [0.3, 0.4) is 0 Å². The molecule has 0 unspecified atom stereocenters. The molecule has 0 atom stereocenters. The maximum Gasteiger partial charge on any atom is 0.140 e. The number of rotatable bonds is 4. The van der Waals surface area contributed by atoms with Gasteiger partial charge >= 0.3 is 0 Å². The number of para-hydroxylation sites is 2. The van der Waals surface area contributed by atoms with Crippen LogP contribution in [0.4, 0.5) is 0 Å². The first-order valence-corrected chi connectivity index (χ1v) is 16.3. The number of aromatic nitrogens is 4. The molecule has 0 saturated carbocycles. The van der Waals surface area contributed by atoms with Crippen molar-refractivity contribution in [2.75, 3.05) is 0 Å². The summed E-state index contributed by atoms with van der Waals surface area (Å²) in [5.41, 5.74) is 7.85. The van der Waals surface area contributed by atoms with Gasteiger partial charge in [0.2, 0.25) is 0 Å². The quantitative estimate of drug-likeness (QED) is 0.198. The van der Waals surface area contributed by atoms with Crippen LogP contribution in [0.15, 0.2) is 137 Å². The molecule has 5 nitrogen and oxygen atoms in total. The predicted molar refractivity (Wildman–Crippen MR) is 187 cm³/mol. The van der Waals surface area contributed by atoms with Gasteiger partial charge in [0.15, 0.2) is 0 Å². The molecule has 0 fully saturated rings. The summed E-state index contributed by atoms with van der Waals surface area (Å²) >= 11 is 1.86. The molecule has 0 bridgehead atoms. The summed E-state index contributed by atoms with van der Waals surface area (Å²) in [6.07, 6.45) is 1.86. The van der Waals surface area contributed by atoms with Crippen LogP contribution >= 0.6 is 11.8 Å². The van der Waals surface area contributed by atoms with Crippen molar-refractivity contribution < 1.29 is 4.74 Å². The summed E-state index contributed by atoms with van der Waals surface area (Å²) in [6, 6.07) is 42.3. The van der Waals surface area contributed by atoms with Gasteiger partial charge in [0, 0.05) is 50.9 Å². The zero-order valence-corrected chi connectivity index (χ0v) is 26.5. The molecule has 6 heteroatoms. The molecule has 0 N–H and O–H groups in total. The molecule has 4 heterocycles. The first kappa shape index (κ1) is 27.0. The highest BCUT2D eigenvalue weighted by Crippen LogP contribution is 2.51. The van der Waals surface area contributed by atoms with Crippen LogP contribution in [-0.4, -0.2) is 19.1 Å². The summed E-state index contributed by atoms with van der Waals surface area (Å²) in [7, 11) is 2.05. The molecule has 0 amide bonds. The Hall–Kier alpha value is -5.33. The van der Waals surface area contributed by atoms with Gasteiger partial charge in [0.25, 0.3) is 0 Å². The molecule has 1 aliphatic heterocycles. The fraction of sp³-hybridized carbons (Fsp3) is 0.100. The summed E-state index contributed by atoms with van der Waals surface area (Å²) < 4.78 is 11.0. The number of pyridine rings is 1. The first-order chi connectivity index (χ1) is 22.5. The third kappa shape index (κ3) is 4.10. The molecule has 0 aliphatic carbocycles. The summed E-state index contributed by atoms with van der Waals surface area (Å²) in [5.74, 6) is 3.31. The van der Waals surface area contributed by atoms with Crippen molar-refractivity contribution in [3.05, 3.63) is 139 Å². The topological polar surface area (TPSA) is 44.9 Å². The van der Waals surface area contributed by atoms with E-state index in [1.165, 1.54) is 31.7 Å². The van der Waals surface area contributed by atoms with E-state index in [1.807, 2.05) is 60.4 Å². The van der Waals surface area contributed by atoms with Gasteiger partial charge in [-0.1, -0.05) is 74.1 Å². The fourth-order valence-corrected chi connectivity index (χ4v) is 8.38. The smallest absolute Gasteiger partial charge is 0.140 e. The number of hydrogen-bond donors (Lipinski definition) is 0. The van der Waals surface area contributed by atoms with Crippen molar-refractivity contribution in [3.8, 4) is 28.7 Å². The van der Waals surface area contributed by atoms with E-state index in [2.05, 4.69) is 109 Å². The number of imidazole rings is 1. The molecule has 0 radical (unpaired) electrons. The maximum absolute atomic E-state index is 6.55. The minimum Gasteiger partial charge on any atom is -0.457 e. The van der Waals surface area contributed by atoms with E-state index in [9.17, 15) is 0 Å². The third-order valence-corrected chi connectivity index (χ3v) is 10.4. The molecule has 222 valence electrons. The lowest BCUT2D eigenvalue weighted by molar-refractivity contribution is 0.483. The van der Waals surface area contributed by atoms with Crippen molar-refractivity contribution >= 4 is 44.6 Å². The molecule has 8 aromatic rings. The van der Waals surface area contributed by atoms with E-state index in [4.69, 9.17) is 14.7 Å². The van der Waals surface area contributed by atoms with Gasteiger partial charge < -0.3 is 9.30 Å². The second-order valence-electron chi connectivity index (χ2n) is 12.4. The molecular formula is C40H30N4OS. The van der Waals surface area contributed by atoms with Gasteiger partial charge in [0.05, 0.1) is 22.1 Å². The molecule has 9 rings (SSSR count). The van der Waals surface area contributed by atoms with Crippen LogP contribution in [0.2, 0.25) is 0 Å². The number of fused-ring (bicyclic) bond motifs is 6. The van der Waals surface area contributed by atoms with Crippen molar-refractivity contribution in [1.82, 2.24) is 19.1 Å². The Morgan fingerprint density at radius 3 is 2.33 bits per heavy atom. The van der Waals surface area contributed by atoms with Gasteiger partial charge in [-0.3, -0.25) is 4.57 Å². The zero-order valence-electron chi connectivity index (χ0n) is 25.7. The highest BCUT2D eigenvalue weighted by Gasteiger charge is 2.34. The van der Waals surface area contributed by atoms with Crippen molar-refractivity contribution in [3.63, 3.8) is 0 Å². The van der Waals surface area contributed by atoms with Crippen LogP contribution in [0.25, 0.3) is 50.0 Å². The molecular weight excluding hydrogens is 585 g/mol. The number of nitrogens with zero attached hydrogens (tertiary/aromatic N) is 4. The standard InChI is InChI=1S/C40H30N4OS/c1-40(2)30-13-4-7-16-36(30)46-37-23-29-28-19-18-27(22-34(28)44(35(29)24-31(37)40)38-17-8-9-20-41-38)45-26-12-10-11-25(21-26)39-42-32-14-5-6-15-33(32)43(39)3/h4-24H,1-3H3. The molecule has 5 aromatic carbocycles. The van der Waals surface area contributed by atoms with Crippen molar-refractivity contribution in [2.45, 2.75) is 29.1 Å². The van der Waals surface area contributed by atoms with Gasteiger partial charge in [-0.15, -0.1) is 0 Å². The number of benzene rings is 5. The zero-order chi connectivity index (χ0) is 31.0. The number of aryl methyl sites for hydroxylation is 1. The van der Waals surface area contributed by atoms with E-state index in [0.717, 1.165) is 50.8 Å². The van der Waals surface area contributed by atoms with Gasteiger partial charge in [-0.05, 0) is 77.9 Å². The normalized spacial score (nSPS) is 13.6. The second-order valence-corrected chi connectivity index (χ2v) is 13.5. The van der Waals surface area contributed by atoms with Gasteiger partial charge in [0.1, 0.15) is 23.1 Å². The monoisotopic (exact) mass is 614 g/mol. The Kier molecular flexibility index (Phi) is 5.93. The van der Waals surface area contributed by atoms with Crippen LogP contribution in [0.5, 0.6) is 11.5 Å². The Morgan fingerprint density at radius 1 is 0.652 bits per heavy atom. The van der Waals surface area contributed by atoms with Crippen LogP contribution < -0.4 is 4.74 Å². The van der Waals surface area contributed by atoms with E-state index < -0.39 is 0 Å². The highest BCUT2D eigenvalue weighted by molar-refractivity contribution is 7.99. The minimum absolute atomic E-state index is 0.130. The average molecular weight is 615 g/mol. The second kappa shape index (κ2) is 10.1. The Morgan fingerprint density at radius 2 is 1.46 bits per heavy atom. The summed E-state index contributed by atoms with van der Waals surface area (Å²) in [6.45, 7) is 4.66. The lowest BCUT2D eigenvalue weighted by Gasteiger charge is -2.34. The number of ether oxygens (including phenoxy) is 1. The molecule has 1 aliphatic rings. The lowest BCUT2D eigenvalue weighted by Crippen LogP contribution is -2.23. The molecule has 0 saturated heterocycles. The minimum atomic E-state index is -0.130. The van der Waals surface area contributed by atoms with Gasteiger partial charge in [-0.2, -0.15) is 0 Å². The summed E-state index contributed by atoms with van der Waals surface area (Å²) in [5, 5.41) is 2.37. The molecule has 46 heavy (non-hydrogen) atoms. The van der Waals surface area contributed by atoms with E-state index in [0.29, 0.717) is 0 Å². The van der Waals surface area contributed by atoms with Crippen LogP contribution in [-0.2, 0) is 12.5 Å². The van der Waals surface area contributed by atoms with Crippen molar-refractivity contribution in [2.24, 2.45) is 7.05 Å². The molecule has 0 spiro atoms. The first-order valence-electron chi connectivity index (χ1n) is 15.5. The van der Waals surface area contributed by atoms with Crippen molar-refractivity contribution in [1.29, 1.82) is 0 Å². The maximum atomic E-state index is 6.55. The Labute approximate surface area is 271 Å². The summed E-state index contributed by atoms with van der Waals surface area (Å²) in [4.78, 5) is 12.3. The van der Waals surface area contributed by atoms with Crippen LogP contribution in [0.1, 0.15) is 25.0 Å². The van der Waals surface area contributed by atoms with Gasteiger partial charge in [-0.25, -0.2) is 9.97 Å². The Balaban J connectivity index is 1.18. The third-order valence-electron chi connectivity index (χ3n) is 9.29. The van der Waals surface area contributed by atoms with E-state index in [1.54, 1.807) is 0 Å². The largest absolute Gasteiger partial charge is 0.457 e. The number of hydrogen-bond acceptors (Lipinski definition) is 4. The lowest BCUT2D eigenvalue weighted by atomic mass is 9.77. The van der Waals surface area contributed by atoms with E-state index in [-0.39, 0.29) is 5.41 Å². The Bertz CT molecular complexity index is 2470. The highest BCUT2D eigenvalue weighted by atomic mass is 32.2. The van der Waals surface area contributed by atoms with E-state index >= 15 is 0 Å². The fourth-order valence-electron chi connectivity index (χ4n) is 6.97. The SMILES string of the molecule is Cn1c(-c2cccc(Oc3ccc4c5cc6c(cc5n(-c5ccccn5)c4c3)C(C)(C)c3ccccc3S6)c2)nc2ccccc21.